The number of aliphatic imine (C=N–C) groups is 1. The lowest BCUT2D eigenvalue weighted by Crippen LogP contribution is -2.31. The fourth-order valence-corrected chi connectivity index (χ4v) is 2.39. The third kappa shape index (κ3) is 3.67. The van der Waals surface area contributed by atoms with E-state index in [0.29, 0.717) is 0 Å². The van der Waals surface area contributed by atoms with Crippen LogP contribution in [-0.2, 0) is 10.0 Å². The summed E-state index contributed by atoms with van der Waals surface area (Å²) >= 11 is 0. The van der Waals surface area contributed by atoms with Gasteiger partial charge in [-0.1, -0.05) is 0 Å². The highest BCUT2D eigenvalue weighted by molar-refractivity contribution is 7.89. The molecule has 1 rings (SSSR count). The molecule has 6 nitrogen and oxygen atoms in total. The molecule has 100 valence electrons. The van der Waals surface area contributed by atoms with E-state index in [9.17, 15) is 12.8 Å². The number of hydrogen-bond donors (Lipinski definition) is 2. The van der Waals surface area contributed by atoms with Gasteiger partial charge >= 0.3 is 0 Å². The number of nitrogens with two attached hydrogens (primary N) is 2. The second kappa shape index (κ2) is 5.78. The van der Waals surface area contributed by atoms with Crippen molar-refractivity contribution in [2.45, 2.75) is 4.90 Å². The lowest BCUT2D eigenvalue weighted by atomic mass is 10.4. The maximum Gasteiger partial charge on any atom is 0.242 e. The predicted octanol–water partition coefficient (Wildman–Crippen LogP) is -0.280. The molecule has 0 heterocycles. The van der Waals surface area contributed by atoms with Gasteiger partial charge in [-0.2, -0.15) is 4.31 Å². The largest absolute Gasteiger partial charge is 0.370 e. The van der Waals surface area contributed by atoms with Gasteiger partial charge in [-0.05, 0) is 24.3 Å². The molecular weight excluding hydrogens is 259 g/mol. The molecule has 18 heavy (non-hydrogen) atoms. The first-order chi connectivity index (χ1) is 8.34. The van der Waals surface area contributed by atoms with Crippen molar-refractivity contribution in [2.24, 2.45) is 16.5 Å². The summed E-state index contributed by atoms with van der Waals surface area (Å²) in [5, 5.41) is 0. The van der Waals surface area contributed by atoms with Gasteiger partial charge in [-0.15, -0.1) is 0 Å². The molecule has 0 aliphatic heterocycles. The van der Waals surface area contributed by atoms with E-state index >= 15 is 0 Å². The number of rotatable bonds is 5. The molecule has 0 fully saturated rings. The van der Waals surface area contributed by atoms with Crippen LogP contribution in [0.15, 0.2) is 34.2 Å². The fourth-order valence-electron chi connectivity index (χ4n) is 1.23. The quantitative estimate of drug-likeness (QED) is 0.569. The Hall–Kier alpha value is -1.67. The normalized spacial score (nSPS) is 11.5. The van der Waals surface area contributed by atoms with Crippen LogP contribution in [0.5, 0.6) is 0 Å². The van der Waals surface area contributed by atoms with Crippen LogP contribution in [0.25, 0.3) is 0 Å². The second-order valence-electron chi connectivity index (χ2n) is 3.59. The van der Waals surface area contributed by atoms with E-state index in [4.69, 9.17) is 11.5 Å². The highest BCUT2D eigenvalue weighted by Gasteiger charge is 2.19. The van der Waals surface area contributed by atoms with Gasteiger partial charge in [-0.25, -0.2) is 12.8 Å². The Morgan fingerprint density at radius 3 is 2.39 bits per heavy atom. The molecule has 4 N–H and O–H groups in total. The first-order valence-electron chi connectivity index (χ1n) is 5.11. The van der Waals surface area contributed by atoms with Gasteiger partial charge in [-0.3, -0.25) is 4.99 Å². The minimum atomic E-state index is -3.64. The maximum absolute atomic E-state index is 12.7. The maximum atomic E-state index is 12.7. The topological polar surface area (TPSA) is 102 Å². The van der Waals surface area contributed by atoms with Crippen LogP contribution in [0, 0.1) is 5.82 Å². The van der Waals surface area contributed by atoms with Crippen LogP contribution in [0.4, 0.5) is 4.39 Å². The van der Waals surface area contributed by atoms with Crippen molar-refractivity contribution >= 4 is 16.0 Å². The van der Waals surface area contributed by atoms with Gasteiger partial charge in [0.2, 0.25) is 10.0 Å². The summed E-state index contributed by atoms with van der Waals surface area (Å²) in [5.74, 6) is -0.584. The Morgan fingerprint density at radius 1 is 1.33 bits per heavy atom. The molecule has 0 aliphatic rings. The van der Waals surface area contributed by atoms with Gasteiger partial charge in [0.05, 0.1) is 11.4 Å². The summed E-state index contributed by atoms with van der Waals surface area (Å²) < 4.78 is 37.8. The van der Waals surface area contributed by atoms with E-state index < -0.39 is 15.8 Å². The van der Waals surface area contributed by atoms with Crippen LogP contribution in [-0.4, -0.2) is 38.8 Å². The van der Waals surface area contributed by atoms with Crippen LogP contribution >= 0.6 is 0 Å². The predicted molar refractivity (Wildman–Crippen MR) is 66.9 cm³/mol. The molecule has 0 saturated carbocycles. The Bertz CT molecular complexity index is 523. The van der Waals surface area contributed by atoms with Gasteiger partial charge < -0.3 is 11.5 Å². The molecule has 0 spiro atoms. The molecule has 8 heteroatoms. The minimum absolute atomic E-state index is 0.0242. The number of guanidine groups is 1. The average Bonchev–Trinajstić information content (AvgIpc) is 2.28. The third-order valence-corrected chi connectivity index (χ3v) is 4.10. The van der Waals surface area contributed by atoms with Crippen molar-refractivity contribution in [1.29, 1.82) is 0 Å². The molecule has 0 unspecified atom stereocenters. The standard InChI is InChI=1S/C10H15FN4O2S/c1-15(7-6-14-10(12)13)18(16,17)9-4-2-8(11)3-5-9/h2-5H,6-7H2,1H3,(H4,12,13,14). The molecule has 0 radical (unpaired) electrons. The van der Waals surface area contributed by atoms with Crippen molar-refractivity contribution in [2.75, 3.05) is 20.1 Å². The van der Waals surface area contributed by atoms with Crippen molar-refractivity contribution in [3.05, 3.63) is 30.1 Å². The van der Waals surface area contributed by atoms with E-state index in [1.54, 1.807) is 0 Å². The lowest BCUT2D eigenvalue weighted by molar-refractivity contribution is 0.476. The summed E-state index contributed by atoms with van der Waals surface area (Å²) in [5.41, 5.74) is 10.3. The van der Waals surface area contributed by atoms with E-state index in [0.717, 1.165) is 16.4 Å². The van der Waals surface area contributed by atoms with Crippen LogP contribution < -0.4 is 11.5 Å². The van der Waals surface area contributed by atoms with Crippen molar-refractivity contribution in [3.8, 4) is 0 Å². The molecule has 0 bridgehead atoms. The summed E-state index contributed by atoms with van der Waals surface area (Å²) in [6.07, 6.45) is 0. The Kier molecular flexibility index (Phi) is 4.62. The van der Waals surface area contributed by atoms with E-state index in [1.807, 2.05) is 0 Å². The summed E-state index contributed by atoms with van der Waals surface area (Å²) in [6.45, 7) is 0.302. The SMILES string of the molecule is CN(CCN=C(N)N)S(=O)(=O)c1ccc(F)cc1. The highest BCUT2D eigenvalue weighted by atomic mass is 32.2. The number of halogens is 1. The van der Waals surface area contributed by atoms with Gasteiger partial charge in [0.15, 0.2) is 5.96 Å². The minimum Gasteiger partial charge on any atom is -0.370 e. The van der Waals surface area contributed by atoms with Crippen molar-refractivity contribution in [3.63, 3.8) is 0 Å². The summed E-state index contributed by atoms with van der Waals surface area (Å²) in [4.78, 5) is 3.72. The zero-order valence-corrected chi connectivity index (χ0v) is 10.7. The van der Waals surface area contributed by atoms with Crippen LogP contribution in [0.1, 0.15) is 0 Å². The molecule has 0 atom stereocenters. The molecule has 1 aromatic rings. The number of benzene rings is 1. The summed E-state index contributed by atoms with van der Waals surface area (Å²) in [7, 11) is -2.23. The molecular formula is C10H15FN4O2S. The van der Waals surface area contributed by atoms with E-state index in [1.165, 1.54) is 19.2 Å². The van der Waals surface area contributed by atoms with Crippen molar-refractivity contribution in [1.82, 2.24) is 4.31 Å². The number of nitrogens with zero attached hydrogens (tertiary/aromatic N) is 2. The van der Waals surface area contributed by atoms with Crippen molar-refractivity contribution < 1.29 is 12.8 Å². The number of sulfonamides is 1. The molecule has 0 aromatic heterocycles. The monoisotopic (exact) mass is 274 g/mol. The number of likely N-dealkylation sites (N-methyl/N-ethyl adjacent to an activating group) is 1. The fraction of sp³-hybridized carbons (Fsp3) is 0.300. The molecule has 0 saturated heterocycles. The zero-order chi connectivity index (χ0) is 13.8. The first-order valence-corrected chi connectivity index (χ1v) is 6.55. The average molecular weight is 274 g/mol. The van der Waals surface area contributed by atoms with E-state index in [2.05, 4.69) is 4.99 Å². The third-order valence-electron chi connectivity index (χ3n) is 2.23. The second-order valence-corrected chi connectivity index (χ2v) is 5.63. The highest BCUT2D eigenvalue weighted by Crippen LogP contribution is 2.14. The Balaban J connectivity index is 2.80. The van der Waals surface area contributed by atoms with Gasteiger partial charge in [0.25, 0.3) is 0 Å². The number of hydrogen-bond acceptors (Lipinski definition) is 3. The lowest BCUT2D eigenvalue weighted by Gasteiger charge is -2.16. The zero-order valence-electron chi connectivity index (χ0n) is 9.88. The first kappa shape index (κ1) is 14.4. The molecule has 0 aliphatic carbocycles. The van der Waals surface area contributed by atoms with Gasteiger partial charge in [0, 0.05) is 13.6 Å². The summed E-state index contributed by atoms with van der Waals surface area (Å²) in [6, 6.07) is 4.61. The molecule has 1 aromatic carbocycles. The van der Waals surface area contributed by atoms with Gasteiger partial charge in [0.1, 0.15) is 5.82 Å². The van der Waals surface area contributed by atoms with Crippen LogP contribution in [0.3, 0.4) is 0 Å². The van der Waals surface area contributed by atoms with E-state index in [-0.39, 0.29) is 23.9 Å². The molecule has 0 amide bonds. The Labute approximate surface area is 105 Å². The Morgan fingerprint density at radius 2 is 1.89 bits per heavy atom. The van der Waals surface area contributed by atoms with Crippen LogP contribution in [0.2, 0.25) is 0 Å². The smallest absolute Gasteiger partial charge is 0.242 e.